The van der Waals surface area contributed by atoms with Crippen molar-refractivity contribution in [2.75, 3.05) is 0 Å². The molecule has 0 bridgehead atoms. The maximum absolute atomic E-state index is 13.1. The predicted molar refractivity (Wildman–Crippen MR) is 47.1 cm³/mol. The summed E-state index contributed by atoms with van der Waals surface area (Å²) in [5, 5.41) is 0.382. The molecule has 1 aromatic carbocycles. The monoisotopic (exact) mass is 175 g/mol. The third kappa shape index (κ3) is 1.28. The Bertz CT molecular complexity index is 467. The largest absolute Gasteiger partial charge is 0.298 e. The minimum absolute atomic E-state index is 0.353. The van der Waals surface area contributed by atoms with Gasteiger partial charge in [0.05, 0.1) is 5.52 Å². The average molecular weight is 175 g/mol. The molecule has 13 heavy (non-hydrogen) atoms. The lowest BCUT2D eigenvalue weighted by Crippen LogP contribution is -1.86. The van der Waals surface area contributed by atoms with Crippen LogP contribution in [-0.4, -0.2) is 11.3 Å². The topological polar surface area (TPSA) is 30.0 Å². The molecule has 0 radical (unpaired) electrons. The highest BCUT2D eigenvalue weighted by molar-refractivity contribution is 5.85. The van der Waals surface area contributed by atoms with E-state index in [0.717, 1.165) is 0 Å². The number of carbonyl (C=O) groups excluding carboxylic acids is 1. The van der Waals surface area contributed by atoms with Gasteiger partial charge in [-0.05, 0) is 18.2 Å². The Labute approximate surface area is 74.0 Å². The summed E-state index contributed by atoms with van der Waals surface area (Å²) in [4.78, 5) is 14.3. The molecule has 2 aromatic rings. The van der Waals surface area contributed by atoms with Gasteiger partial charge in [-0.1, -0.05) is 6.07 Å². The zero-order valence-corrected chi connectivity index (χ0v) is 6.70. The first kappa shape index (κ1) is 7.86. The van der Waals surface area contributed by atoms with Gasteiger partial charge in [-0.25, -0.2) is 4.39 Å². The molecule has 0 aliphatic rings. The van der Waals surface area contributed by atoms with Crippen molar-refractivity contribution in [3.05, 3.63) is 41.8 Å². The van der Waals surface area contributed by atoms with E-state index < -0.39 is 0 Å². The molecule has 0 saturated heterocycles. The van der Waals surface area contributed by atoms with Crippen LogP contribution in [0.4, 0.5) is 4.39 Å². The third-order valence-corrected chi connectivity index (χ3v) is 1.83. The summed E-state index contributed by atoms with van der Waals surface area (Å²) >= 11 is 0. The molecule has 0 N–H and O–H groups in total. The van der Waals surface area contributed by atoms with Crippen molar-refractivity contribution in [2.45, 2.75) is 0 Å². The second-order valence-electron chi connectivity index (χ2n) is 2.69. The minimum Gasteiger partial charge on any atom is -0.298 e. The molecule has 0 atom stereocenters. The highest BCUT2D eigenvalue weighted by Gasteiger charge is 2.01. The second-order valence-corrected chi connectivity index (χ2v) is 2.69. The number of rotatable bonds is 1. The molecule has 64 valence electrons. The van der Waals surface area contributed by atoms with E-state index in [9.17, 15) is 9.18 Å². The van der Waals surface area contributed by atoms with Crippen LogP contribution in [0.15, 0.2) is 30.5 Å². The number of nitrogens with zero attached hydrogens (tertiary/aromatic N) is 1. The molecule has 3 heteroatoms. The fourth-order valence-electron chi connectivity index (χ4n) is 1.19. The standard InChI is InChI=1S/C10H6FNO/c11-9-2-1-3-10-8(9)4-7(6-13)5-12-10/h1-6H. The molecule has 0 aliphatic heterocycles. The van der Waals surface area contributed by atoms with Crippen molar-refractivity contribution >= 4 is 17.2 Å². The number of fused-ring (bicyclic) bond motifs is 1. The summed E-state index contributed by atoms with van der Waals surface area (Å²) in [5.41, 5.74) is 0.947. The van der Waals surface area contributed by atoms with Crippen LogP contribution in [-0.2, 0) is 0 Å². The van der Waals surface area contributed by atoms with E-state index in [0.29, 0.717) is 22.8 Å². The Balaban J connectivity index is 2.81. The van der Waals surface area contributed by atoms with Crippen LogP contribution in [0.2, 0.25) is 0 Å². The zero-order valence-electron chi connectivity index (χ0n) is 6.70. The van der Waals surface area contributed by atoms with Gasteiger partial charge in [0.25, 0.3) is 0 Å². The number of pyridine rings is 1. The maximum atomic E-state index is 13.1. The van der Waals surface area contributed by atoms with E-state index in [4.69, 9.17) is 0 Å². The van der Waals surface area contributed by atoms with E-state index in [1.165, 1.54) is 18.3 Å². The first-order valence-electron chi connectivity index (χ1n) is 3.81. The van der Waals surface area contributed by atoms with Crippen LogP contribution in [0, 0.1) is 5.82 Å². The van der Waals surface area contributed by atoms with E-state index in [-0.39, 0.29) is 5.82 Å². The predicted octanol–water partition coefficient (Wildman–Crippen LogP) is 2.19. The van der Waals surface area contributed by atoms with Gasteiger partial charge in [0.15, 0.2) is 6.29 Å². The van der Waals surface area contributed by atoms with Gasteiger partial charge in [0.1, 0.15) is 5.82 Å². The number of aldehydes is 1. The van der Waals surface area contributed by atoms with E-state index in [1.54, 1.807) is 12.1 Å². The average Bonchev–Trinajstić information content (AvgIpc) is 2.18. The summed E-state index contributed by atoms with van der Waals surface area (Å²) < 4.78 is 13.1. The van der Waals surface area contributed by atoms with Crippen LogP contribution >= 0.6 is 0 Å². The van der Waals surface area contributed by atoms with Gasteiger partial charge < -0.3 is 0 Å². The molecule has 0 fully saturated rings. The molecule has 0 amide bonds. The van der Waals surface area contributed by atoms with Crippen molar-refractivity contribution < 1.29 is 9.18 Å². The van der Waals surface area contributed by atoms with Crippen molar-refractivity contribution in [1.29, 1.82) is 0 Å². The number of halogens is 1. The van der Waals surface area contributed by atoms with Gasteiger partial charge in [-0.15, -0.1) is 0 Å². The molecular weight excluding hydrogens is 169 g/mol. The minimum atomic E-state index is -0.353. The SMILES string of the molecule is O=Cc1cnc2cccc(F)c2c1. The van der Waals surface area contributed by atoms with Crippen LogP contribution < -0.4 is 0 Å². The van der Waals surface area contributed by atoms with Crippen molar-refractivity contribution in [3.63, 3.8) is 0 Å². The van der Waals surface area contributed by atoms with Crippen molar-refractivity contribution in [1.82, 2.24) is 4.98 Å². The number of aromatic nitrogens is 1. The summed E-state index contributed by atoms with van der Waals surface area (Å²) in [6.45, 7) is 0. The third-order valence-electron chi connectivity index (χ3n) is 1.83. The zero-order chi connectivity index (χ0) is 9.26. The number of carbonyl (C=O) groups is 1. The van der Waals surface area contributed by atoms with Gasteiger partial charge in [-0.3, -0.25) is 9.78 Å². The van der Waals surface area contributed by atoms with E-state index in [2.05, 4.69) is 4.98 Å². The van der Waals surface area contributed by atoms with Crippen molar-refractivity contribution in [3.8, 4) is 0 Å². The van der Waals surface area contributed by atoms with Crippen LogP contribution in [0.25, 0.3) is 10.9 Å². The number of benzene rings is 1. The molecule has 2 nitrogen and oxygen atoms in total. The lowest BCUT2D eigenvalue weighted by molar-refractivity contribution is 0.112. The van der Waals surface area contributed by atoms with E-state index >= 15 is 0 Å². The fraction of sp³-hybridized carbons (Fsp3) is 0. The number of hydrogen-bond donors (Lipinski definition) is 0. The molecule has 0 spiro atoms. The fourth-order valence-corrected chi connectivity index (χ4v) is 1.19. The summed E-state index contributed by atoms with van der Waals surface area (Å²) in [7, 11) is 0. The first-order chi connectivity index (χ1) is 6.31. The normalized spacial score (nSPS) is 10.2. The van der Waals surface area contributed by atoms with Crippen LogP contribution in [0.5, 0.6) is 0 Å². The van der Waals surface area contributed by atoms with Gasteiger partial charge in [0.2, 0.25) is 0 Å². The molecule has 2 rings (SSSR count). The first-order valence-corrected chi connectivity index (χ1v) is 3.81. The smallest absolute Gasteiger partial charge is 0.151 e. The summed E-state index contributed by atoms with van der Waals surface area (Å²) in [6, 6.07) is 6.13. The van der Waals surface area contributed by atoms with Crippen LogP contribution in [0.1, 0.15) is 10.4 Å². The summed E-state index contributed by atoms with van der Waals surface area (Å²) in [6.07, 6.45) is 2.08. The Morgan fingerprint density at radius 2 is 2.23 bits per heavy atom. The molecule has 0 unspecified atom stereocenters. The molecule has 0 aliphatic carbocycles. The van der Waals surface area contributed by atoms with Crippen molar-refractivity contribution in [2.24, 2.45) is 0 Å². The Kier molecular flexibility index (Phi) is 1.77. The Hall–Kier alpha value is -1.77. The Morgan fingerprint density at radius 3 is 3.00 bits per heavy atom. The highest BCUT2D eigenvalue weighted by Crippen LogP contribution is 2.15. The second kappa shape index (κ2) is 2.94. The maximum Gasteiger partial charge on any atom is 0.151 e. The number of hydrogen-bond acceptors (Lipinski definition) is 2. The Morgan fingerprint density at radius 1 is 1.38 bits per heavy atom. The van der Waals surface area contributed by atoms with Gasteiger partial charge in [0, 0.05) is 17.1 Å². The molecule has 1 aromatic heterocycles. The van der Waals surface area contributed by atoms with Gasteiger partial charge >= 0.3 is 0 Å². The van der Waals surface area contributed by atoms with Crippen LogP contribution in [0.3, 0.4) is 0 Å². The molecule has 1 heterocycles. The highest BCUT2D eigenvalue weighted by atomic mass is 19.1. The lowest BCUT2D eigenvalue weighted by atomic mass is 10.1. The summed E-state index contributed by atoms with van der Waals surface area (Å²) in [5.74, 6) is -0.353. The molecular formula is C10H6FNO. The van der Waals surface area contributed by atoms with E-state index in [1.807, 2.05) is 0 Å². The lowest BCUT2D eigenvalue weighted by Gasteiger charge is -1.97. The molecule has 0 saturated carbocycles. The van der Waals surface area contributed by atoms with Gasteiger partial charge in [-0.2, -0.15) is 0 Å². The quantitative estimate of drug-likeness (QED) is 0.622.